The van der Waals surface area contributed by atoms with Gasteiger partial charge in [-0.1, -0.05) is 13.8 Å². The summed E-state index contributed by atoms with van der Waals surface area (Å²) in [6, 6.07) is 0.860. The lowest BCUT2D eigenvalue weighted by atomic mass is 9.71. The molecule has 2 rings (SSSR count). The largest absolute Gasteiger partial charge is 0.314 e. The smallest absolute Gasteiger partial charge is 0.0101 e. The van der Waals surface area contributed by atoms with Crippen molar-refractivity contribution in [2.45, 2.75) is 45.6 Å². The molecule has 1 aliphatic carbocycles. The summed E-state index contributed by atoms with van der Waals surface area (Å²) in [7, 11) is 0. The second kappa shape index (κ2) is 2.48. The first-order chi connectivity index (χ1) is 5.17. The number of fused-ring (bicyclic) bond motifs is 1. The van der Waals surface area contributed by atoms with E-state index >= 15 is 0 Å². The summed E-state index contributed by atoms with van der Waals surface area (Å²) in [6.45, 7) is 6.08. The Morgan fingerprint density at radius 3 is 2.91 bits per heavy atom. The van der Waals surface area contributed by atoms with Crippen molar-refractivity contribution in [2.75, 3.05) is 6.54 Å². The van der Waals surface area contributed by atoms with Gasteiger partial charge in [0.1, 0.15) is 0 Å². The van der Waals surface area contributed by atoms with E-state index in [0.29, 0.717) is 5.41 Å². The molecule has 1 heteroatoms. The van der Waals surface area contributed by atoms with Gasteiger partial charge in [0, 0.05) is 6.04 Å². The predicted octanol–water partition coefficient (Wildman–Crippen LogP) is 2.17. The van der Waals surface area contributed by atoms with Crippen molar-refractivity contribution in [2.24, 2.45) is 11.3 Å². The predicted molar refractivity (Wildman–Crippen MR) is 47.5 cm³/mol. The Balaban J connectivity index is 2.02. The van der Waals surface area contributed by atoms with E-state index in [1.54, 1.807) is 0 Å². The van der Waals surface area contributed by atoms with Crippen LogP contribution in [-0.4, -0.2) is 12.6 Å². The van der Waals surface area contributed by atoms with Gasteiger partial charge in [-0.2, -0.15) is 0 Å². The molecule has 2 fully saturated rings. The van der Waals surface area contributed by atoms with Crippen LogP contribution in [0.15, 0.2) is 0 Å². The van der Waals surface area contributed by atoms with E-state index in [4.69, 9.17) is 0 Å². The molecule has 2 unspecified atom stereocenters. The van der Waals surface area contributed by atoms with Crippen LogP contribution in [0.3, 0.4) is 0 Å². The van der Waals surface area contributed by atoms with E-state index < -0.39 is 0 Å². The molecule has 2 aliphatic rings. The van der Waals surface area contributed by atoms with E-state index in [2.05, 4.69) is 19.2 Å². The lowest BCUT2D eigenvalue weighted by molar-refractivity contribution is 0.171. The quantitative estimate of drug-likeness (QED) is 0.562. The van der Waals surface area contributed by atoms with E-state index in [1.165, 1.54) is 32.2 Å². The molecule has 0 spiro atoms. The normalized spacial score (nSPS) is 42.0. The van der Waals surface area contributed by atoms with Crippen LogP contribution >= 0.6 is 0 Å². The molecule has 1 aliphatic heterocycles. The van der Waals surface area contributed by atoms with Crippen LogP contribution in [0.5, 0.6) is 0 Å². The van der Waals surface area contributed by atoms with Gasteiger partial charge in [0.05, 0.1) is 0 Å². The topological polar surface area (TPSA) is 12.0 Å². The Hall–Kier alpha value is -0.0400. The van der Waals surface area contributed by atoms with Gasteiger partial charge in [0.2, 0.25) is 0 Å². The third kappa shape index (κ3) is 1.44. The molecule has 0 aromatic heterocycles. The van der Waals surface area contributed by atoms with Crippen molar-refractivity contribution in [3.8, 4) is 0 Å². The molecule has 1 N–H and O–H groups in total. The number of hydrogen-bond acceptors (Lipinski definition) is 1. The molecule has 11 heavy (non-hydrogen) atoms. The molecular weight excluding hydrogens is 134 g/mol. The van der Waals surface area contributed by atoms with Crippen molar-refractivity contribution in [3.05, 3.63) is 0 Å². The van der Waals surface area contributed by atoms with Crippen LogP contribution in [0.25, 0.3) is 0 Å². The highest BCUT2D eigenvalue weighted by molar-refractivity contribution is 4.92. The van der Waals surface area contributed by atoms with E-state index in [1.807, 2.05) is 0 Å². The average molecular weight is 153 g/mol. The molecular formula is C10H19N. The summed E-state index contributed by atoms with van der Waals surface area (Å²) in [6.07, 6.45) is 5.74. The third-order valence-corrected chi connectivity index (χ3v) is 3.46. The van der Waals surface area contributed by atoms with E-state index in [-0.39, 0.29) is 0 Å². The fraction of sp³-hybridized carbons (Fsp3) is 1.00. The molecule has 1 saturated heterocycles. The van der Waals surface area contributed by atoms with Crippen LogP contribution in [-0.2, 0) is 0 Å². The molecule has 1 heterocycles. The minimum absolute atomic E-state index is 0.610. The molecule has 64 valence electrons. The molecule has 0 amide bonds. The van der Waals surface area contributed by atoms with Crippen LogP contribution < -0.4 is 5.32 Å². The highest BCUT2D eigenvalue weighted by atomic mass is 15.0. The van der Waals surface area contributed by atoms with Gasteiger partial charge in [0.15, 0.2) is 0 Å². The Bertz CT molecular complexity index is 151. The summed E-state index contributed by atoms with van der Waals surface area (Å²) in [5.74, 6) is 1.02. The summed E-state index contributed by atoms with van der Waals surface area (Å²) in [5, 5.41) is 3.61. The minimum Gasteiger partial charge on any atom is -0.314 e. The summed E-state index contributed by atoms with van der Waals surface area (Å²) >= 11 is 0. The van der Waals surface area contributed by atoms with Crippen molar-refractivity contribution in [3.63, 3.8) is 0 Å². The first kappa shape index (κ1) is 7.60. The van der Waals surface area contributed by atoms with Gasteiger partial charge in [0.25, 0.3) is 0 Å². The Morgan fingerprint density at radius 2 is 2.09 bits per heavy atom. The maximum atomic E-state index is 3.61. The second-order valence-electron chi connectivity index (χ2n) is 5.02. The maximum absolute atomic E-state index is 3.61. The van der Waals surface area contributed by atoms with Crippen LogP contribution in [0.2, 0.25) is 0 Å². The Labute approximate surface area is 69.6 Å². The van der Waals surface area contributed by atoms with Crippen molar-refractivity contribution in [1.29, 1.82) is 0 Å². The highest BCUT2D eigenvalue weighted by Crippen LogP contribution is 2.41. The monoisotopic (exact) mass is 153 g/mol. The number of hydrogen-bond donors (Lipinski definition) is 1. The van der Waals surface area contributed by atoms with Crippen LogP contribution in [0, 0.1) is 11.3 Å². The third-order valence-electron chi connectivity index (χ3n) is 3.46. The standard InChI is InChI=1S/C10H19N/c1-10(2)5-3-8-4-6-11-9(8)7-10/h8-9,11H,3-7H2,1-2H3. The minimum atomic E-state index is 0.610. The van der Waals surface area contributed by atoms with Gasteiger partial charge in [-0.05, 0) is 43.6 Å². The SMILES string of the molecule is CC1(C)CCC2CCNC2C1. The molecule has 2 atom stereocenters. The zero-order valence-electron chi connectivity index (χ0n) is 7.69. The molecule has 0 radical (unpaired) electrons. The van der Waals surface area contributed by atoms with Crippen molar-refractivity contribution in [1.82, 2.24) is 5.32 Å². The molecule has 0 bridgehead atoms. The molecule has 1 saturated carbocycles. The lowest BCUT2D eigenvalue weighted by Crippen LogP contribution is -2.37. The first-order valence-electron chi connectivity index (χ1n) is 4.91. The molecule has 1 nitrogen and oxygen atoms in total. The lowest BCUT2D eigenvalue weighted by Gasteiger charge is -2.37. The highest BCUT2D eigenvalue weighted by Gasteiger charge is 2.36. The van der Waals surface area contributed by atoms with E-state index in [0.717, 1.165) is 12.0 Å². The summed E-state index contributed by atoms with van der Waals surface area (Å²) in [4.78, 5) is 0. The fourth-order valence-corrected chi connectivity index (χ4v) is 2.68. The maximum Gasteiger partial charge on any atom is 0.0101 e. The number of nitrogens with one attached hydrogen (secondary N) is 1. The van der Waals surface area contributed by atoms with Crippen molar-refractivity contribution < 1.29 is 0 Å². The van der Waals surface area contributed by atoms with Crippen LogP contribution in [0.4, 0.5) is 0 Å². The first-order valence-corrected chi connectivity index (χ1v) is 4.91. The van der Waals surface area contributed by atoms with Gasteiger partial charge in [-0.25, -0.2) is 0 Å². The van der Waals surface area contributed by atoms with Gasteiger partial charge in [-0.3, -0.25) is 0 Å². The zero-order valence-corrected chi connectivity index (χ0v) is 7.69. The zero-order chi connectivity index (χ0) is 7.90. The van der Waals surface area contributed by atoms with Crippen LogP contribution in [0.1, 0.15) is 39.5 Å². The van der Waals surface area contributed by atoms with E-state index in [9.17, 15) is 0 Å². The second-order valence-corrected chi connectivity index (χ2v) is 5.02. The Morgan fingerprint density at radius 1 is 1.27 bits per heavy atom. The summed E-state index contributed by atoms with van der Waals surface area (Å²) < 4.78 is 0. The molecule has 0 aromatic rings. The van der Waals surface area contributed by atoms with Gasteiger partial charge >= 0.3 is 0 Å². The Kier molecular flexibility index (Phi) is 1.71. The fourth-order valence-electron chi connectivity index (χ4n) is 2.68. The summed E-state index contributed by atoms with van der Waals surface area (Å²) in [5.41, 5.74) is 0.610. The van der Waals surface area contributed by atoms with Gasteiger partial charge < -0.3 is 5.32 Å². The number of rotatable bonds is 0. The average Bonchev–Trinajstić information content (AvgIpc) is 2.31. The van der Waals surface area contributed by atoms with Crippen molar-refractivity contribution >= 4 is 0 Å². The molecule has 0 aromatic carbocycles. The van der Waals surface area contributed by atoms with Gasteiger partial charge in [-0.15, -0.1) is 0 Å².